The van der Waals surface area contributed by atoms with Crippen LogP contribution in [0.25, 0.3) is 0 Å². The topological polar surface area (TPSA) is 142 Å². The minimum atomic E-state index is -4.09. The second-order valence-electron chi connectivity index (χ2n) is 6.41. The predicted molar refractivity (Wildman–Crippen MR) is 113 cm³/mol. The van der Waals surface area contributed by atoms with Crippen molar-refractivity contribution in [1.82, 2.24) is 9.62 Å². The molecule has 1 amide bonds. The molecule has 1 rings (SSSR count). The molecule has 9 nitrogen and oxygen atoms in total. The largest absolute Gasteiger partial charge is 0.480 e. The molecule has 0 aromatic carbocycles. The molecule has 1 aliphatic rings. The van der Waals surface area contributed by atoms with Gasteiger partial charge in [0.05, 0.1) is 0 Å². The van der Waals surface area contributed by atoms with Crippen LogP contribution in [0, 0.1) is 0 Å². The Bertz CT molecular complexity index is 892. The molecule has 1 saturated heterocycles. The Labute approximate surface area is 172 Å². The van der Waals surface area contributed by atoms with Crippen LogP contribution in [-0.4, -0.2) is 68.9 Å². The van der Waals surface area contributed by atoms with Crippen LogP contribution >= 0.6 is 0 Å². The van der Waals surface area contributed by atoms with Crippen molar-refractivity contribution in [2.45, 2.75) is 31.8 Å². The maximum Gasteiger partial charge on any atom is 0.326 e. The summed E-state index contributed by atoms with van der Waals surface area (Å²) in [4.78, 5) is 29.3. The monoisotopic (exact) mass is 420 g/mol. The lowest BCUT2D eigenvalue weighted by Gasteiger charge is -2.25. The third-order valence-corrected chi connectivity index (χ3v) is 5.13. The first-order valence-electron chi connectivity index (χ1n) is 8.67. The highest BCUT2D eigenvalue weighted by atomic mass is 32.2. The molecule has 1 aliphatic heterocycles. The number of carboxylic acid groups (broad SMARTS) is 1. The van der Waals surface area contributed by atoms with Gasteiger partial charge in [-0.3, -0.25) is 9.79 Å². The van der Waals surface area contributed by atoms with Gasteiger partial charge in [0.25, 0.3) is 7.12 Å². The molecule has 0 saturated carbocycles. The fraction of sp³-hybridized carbons (Fsp3) is 0.389. The molecule has 2 radical (unpaired) electrons. The third kappa shape index (κ3) is 6.72. The van der Waals surface area contributed by atoms with Crippen molar-refractivity contribution in [3.05, 3.63) is 48.1 Å². The van der Waals surface area contributed by atoms with E-state index in [2.05, 4.69) is 18.2 Å². The van der Waals surface area contributed by atoms with E-state index >= 15 is 0 Å². The van der Waals surface area contributed by atoms with Gasteiger partial charge in [0.2, 0.25) is 5.91 Å². The van der Waals surface area contributed by atoms with E-state index in [1.54, 1.807) is 26.1 Å². The number of nitrogens with one attached hydrogen (secondary N) is 1. The molecule has 0 spiro atoms. The Morgan fingerprint density at radius 2 is 2.10 bits per heavy atom. The number of carbonyl (C=O) groups excluding carboxylic acids is 1. The van der Waals surface area contributed by atoms with Gasteiger partial charge in [-0.15, -0.1) is 0 Å². The average molecular weight is 420 g/mol. The van der Waals surface area contributed by atoms with E-state index in [9.17, 15) is 23.1 Å². The van der Waals surface area contributed by atoms with Crippen molar-refractivity contribution < 1.29 is 23.1 Å². The summed E-state index contributed by atoms with van der Waals surface area (Å²) in [6.07, 6.45) is 4.78. The summed E-state index contributed by atoms with van der Waals surface area (Å²) in [5, 5.41) is 9.65. The molecule has 0 aromatic heterocycles. The van der Waals surface area contributed by atoms with Gasteiger partial charge in [0, 0.05) is 20.0 Å². The van der Waals surface area contributed by atoms with Crippen LogP contribution in [-0.2, 0) is 19.5 Å². The number of allylic oxidation sites excluding steroid dienone is 4. The molecular weight excluding hydrogens is 395 g/mol. The molecule has 4 N–H and O–H groups in total. The second kappa shape index (κ2) is 10.2. The van der Waals surface area contributed by atoms with Gasteiger partial charge in [0.1, 0.15) is 27.8 Å². The second-order valence-corrected chi connectivity index (χ2v) is 7.74. The summed E-state index contributed by atoms with van der Waals surface area (Å²) in [5.41, 5.74) is 7.64. The van der Waals surface area contributed by atoms with Gasteiger partial charge in [-0.25, -0.2) is 17.9 Å². The van der Waals surface area contributed by atoms with Crippen LogP contribution in [0.4, 0.5) is 0 Å². The van der Waals surface area contributed by atoms with Crippen LogP contribution in [0.2, 0.25) is 0 Å². The first-order valence-corrected chi connectivity index (χ1v) is 10.2. The number of hydrogen-bond acceptors (Lipinski definition) is 5. The third-order valence-electron chi connectivity index (χ3n) is 4.52. The highest BCUT2D eigenvalue weighted by molar-refractivity contribution is 8.10. The van der Waals surface area contributed by atoms with Gasteiger partial charge in [0.15, 0.2) is 0 Å². The molecule has 0 bridgehead atoms. The van der Waals surface area contributed by atoms with E-state index in [1.807, 2.05) is 4.72 Å². The van der Waals surface area contributed by atoms with Crippen LogP contribution in [0.1, 0.15) is 19.8 Å². The zero-order valence-electron chi connectivity index (χ0n) is 16.5. The lowest BCUT2D eigenvalue weighted by Crippen LogP contribution is -2.47. The predicted octanol–water partition coefficient (Wildman–Crippen LogP) is 0.0354. The number of likely N-dealkylation sites (tertiary alicyclic amines) is 1. The van der Waals surface area contributed by atoms with E-state index < -0.39 is 33.8 Å². The summed E-state index contributed by atoms with van der Waals surface area (Å²) in [7, 11) is 2.37. The van der Waals surface area contributed by atoms with E-state index in [1.165, 1.54) is 6.08 Å². The summed E-state index contributed by atoms with van der Waals surface area (Å²) in [5.74, 6) is -1.56. The first-order chi connectivity index (χ1) is 13.4. The molecule has 156 valence electrons. The number of amides is 1. The molecule has 11 heteroatoms. The number of nitrogens with two attached hydrogens (primary N) is 1. The number of carbonyl (C=O) groups is 2. The maximum absolute atomic E-state index is 12.5. The summed E-state index contributed by atoms with van der Waals surface area (Å²) in [6.45, 7) is 9.26. The van der Waals surface area contributed by atoms with Crippen molar-refractivity contribution in [1.29, 1.82) is 0 Å². The van der Waals surface area contributed by atoms with Crippen LogP contribution in [0.5, 0.6) is 0 Å². The molecule has 0 aliphatic carbocycles. The van der Waals surface area contributed by atoms with Gasteiger partial charge >= 0.3 is 5.97 Å². The number of amidine groups is 1. The molecule has 2 atom stereocenters. The van der Waals surface area contributed by atoms with E-state index in [4.69, 9.17) is 12.9 Å². The number of carboxylic acids is 1. The van der Waals surface area contributed by atoms with Crippen LogP contribution < -0.4 is 10.5 Å². The molecule has 2 unspecified atom stereocenters. The zero-order valence-corrected chi connectivity index (χ0v) is 17.3. The van der Waals surface area contributed by atoms with Gasteiger partial charge < -0.3 is 15.7 Å². The summed E-state index contributed by atoms with van der Waals surface area (Å²) < 4.78 is 24.4. The quantitative estimate of drug-likeness (QED) is 0.197. The van der Waals surface area contributed by atoms with Crippen molar-refractivity contribution in [2.75, 3.05) is 13.6 Å². The zero-order chi connectivity index (χ0) is 22.4. The lowest BCUT2D eigenvalue weighted by atomic mass is 9.99. The molecule has 29 heavy (non-hydrogen) atoms. The minimum absolute atomic E-state index is 0.0412. The number of nitrogens with zero attached hydrogens (tertiary/aromatic N) is 2. The minimum Gasteiger partial charge on any atom is -0.480 e. The maximum atomic E-state index is 12.5. The standard InChI is InChI=1S/C18H25BN4O5S/c1-5-12(9-13(6-2)11(3)16(20)21-4)10-15(18(25)26)23-8-7-14(17(23)24)22-29(19,27)28/h5-6,9,14-15,22H,1-2,7-8,10H2,3-4H3,(H2,20,21)(H,25,26)/b12-9+,13-11+. The summed E-state index contributed by atoms with van der Waals surface area (Å²) in [6, 6.07) is -2.29. The Kier molecular flexibility index (Phi) is 8.59. The Hall–Kier alpha value is -2.66. The number of aliphatic carboxylic acids is 1. The molecule has 1 heterocycles. The number of aliphatic imine (C=N–C) groups is 1. The normalized spacial score (nSPS) is 20.3. The van der Waals surface area contributed by atoms with Crippen LogP contribution in [0.3, 0.4) is 0 Å². The summed E-state index contributed by atoms with van der Waals surface area (Å²) >= 11 is 0. The van der Waals surface area contributed by atoms with Gasteiger partial charge in [-0.05, 0) is 30.1 Å². The van der Waals surface area contributed by atoms with Gasteiger partial charge in [-0.2, -0.15) is 0 Å². The highest BCUT2D eigenvalue weighted by Crippen LogP contribution is 2.22. The van der Waals surface area contributed by atoms with Crippen molar-refractivity contribution in [3.63, 3.8) is 0 Å². The van der Waals surface area contributed by atoms with E-state index in [0.717, 1.165) is 4.90 Å². The smallest absolute Gasteiger partial charge is 0.326 e. The SMILES string of the molecule is [B]S(=O)(=O)NC1CCN(C(C/C(C=C)=C/C(C=C)=C(\C)C(N)=NC)C(=O)O)C1=O. The molecule has 1 fully saturated rings. The fourth-order valence-electron chi connectivity index (χ4n) is 2.91. The van der Waals surface area contributed by atoms with Crippen molar-refractivity contribution >= 4 is 34.7 Å². The van der Waals surface area contributed by atoms with Crippen molar-refractivity contribution in [3.8, 4) is 0 Å². The average Bonchev–Trinajstić information content (AvgIpc) is 2.99. The fourth-order valence-corrected chi connectivity index (χ4v) is 3.53. The van der Waals surface area contributed by atoms with E-state index in [-0.39, 0.29) is 19.4 Å². The number of rotatable bonds is 10. The molecular formula is C18H25BN4O5S. The lowest BCUT2D eigenvalue weighted by molar-refractivity contribution is -0.148. The van der Waals surface area contributed by atoms with Crippen molar-refractivity contribution in [2.24, 2.45) is 10.7 Å². The Morgan fingerprint density at radius 3 is 2.55 bits per heavy atom. The Morgan fingerprint density at radius 1 is 1.48 bits per heavy atom. The first kappa shape index (κ1) is 24.4. The Balaban J connectivity index is 3.18. The van der Waals surface area contributed by atoms with Gasteiger partial charge in [-0.1, -0.05) is 31.4 Å². The van der Waals surface area contributed by atoms with Crippen LogP contribution in [0.15, 0.2) is 53.1 Å². The molecule has 0 aromatic rings. The number of hydrogen-bond donors (Lipinski definition) is 3. The van der Waals surface area contributed by atoms with E-state index in [0.29, 0.717) is 22.6 Å². The highest BCUT2D eigenvalue weighted by Gasteiger charge is 2.40.